The Bertz CT molecular complexity index is 949. The number of non-ortho nitro benzene ring substituents is 1. The second-order valence-electron chi connectivity index (χ2n) is 5.84. The molecule has 9 nitrogen and oxygen atoms in total. The van der Waals surface area contributed by atoms with Crippen LogP contribution in [0.5, 0.6) is 0 Å². The van der Waals surface area contributed by atoms with E-state index in [0.29, 0.717) is 16.8 Å². The van der Waals surface area contributed by atoms with Crippen molar-refractivity contribution in [3.05, 3.63) is 75.5 Å². The molecular weight excluding hydrogens is 378 g/mol. The van der Waals surface area contributed by atoms with Crippen LogP contribution in [0.1, 0.15) is 29.8 Å². The Labute approximate surface area is 166 Å². The summed E-state index contributed by atoms with van der Waals surface area (Å²) in [6, 6.07) is 11.6. The summed E-state index contributed by atoms with van der Waals surface area (Å²) in [5.41, 5.74) is 1.11. The van der Waals surface area contributed by atoms with Gasteiger partial charge in [0.15, 0.2) is 0 Å². The predicted octanol–water partition coefficient (Wildman–Crippen LogP) is 2.89. The number of hydrogen-bond acceptors (Lipinski definition) is 6. The molecule has 2 rings (SSSR count). The van der Waals surface area contributed by atoms with E-state index in [2.05, 4.69) is 10.6 Å². The fourth-order valence-corrected chi connectivity index (χ4v) is 2.31. The molecule has 2 aromatic rings. The Morgan fingerprint density at radius 2 is 1.69 bits per heavy atom. The number of nitrogens with one attached hydrogen (secondary N) is 2. The SMILES string of the molecule is CCOC(=O)c1ccc(NC(=O)/C(=C/c2ccc([N+](=O)[O-])cc2)NC(C)=O)cc1. The first kappa shape index (κ1) is 21.3. The monoisotopic (exact) mass is 397 g/mol. The lowest BCUT2D eigenvalue weighted by Gasteiger charge is -2.10. The summed E-state index contributed by atoms with van der Waals surface area (Å²) in [6.45, 7) is 3.21. The number of amides is 2. The van der Waals surface area contributed by atoms with E-state index in [4.69, 9.17) is 4.74 Å². The maximum Gasteiger partial charge on any atom is 0.338 e. The van der Waals surface area contributed by atoms with Crippen LogP contribution in [0.2, 0.25) is 0 Å². The highest BCUT2D eigenvalue weighted by Crippen LogP contribution is 2.16. The fraction of sp³-hybridized carbons (Fsp3) is 0.150. The summed E-state index contributed by atoms with van der Waals surface area (Å²) in [7, 11) is 0. The van der Waals surface area contributed by atoms with Gasteiger partial charge in [0.05, 0.1) is 17.1 Å². The topological polar surface area (TPSA) is 128 Å². The molecule has 0 saturated carbocycles. The van der Waals surface area contributed by atoms with Crippen LogP contribution in [-0.2, 0) is 14.3 Å². The van der Waals surface area contributed by atoms with Gasteiger partial charge < -0.3 is 15.4 Å². The second kappa shape index (κ2) is 9.79. The zero-order chi connectivity index (χ0) is 21.4. The maximum atomic E-state index is 12.6. The number of benzene rings is 2. The molecule has 0 radical (unpaired) electrons. The van der Waals surface area contributed by atoms with E-state index < -0.39 is 22.7 Å². The van der Waals surface area contributed by atoms with E-state index in [9.17, 15) is 24.5 Å². The number of nitro groups is 1. The molecule has 0 aromatic heterocycles. The minimum atomic E-state index is -0.595. The molecule has 9 heteroatoms. The molecule has 0 unspecified atom stereocenters. The second-order valence-corrected chi connectivity index (χ2v) is 5.84. The number of hydrogen-bond donors (Lipinski definition) is 2. The smallest absolute Gasteiger partial charge is 0.338 e. The third-order valence-electron chi connectivity index (χ3n) is 3.62. The molecule has 0 aliphatic heterocycles. The quantitative estimate of drug-likeness (QED) is 0.320. The van der Waals surface area contributed by atoms with Crippen molar-refractivity contribution in [1.29, 1.82) is 0 Å². The lowest BCUT2D eigenvalue weighted by molar-refractivity contribution is -0.384. The van der Waals surface area contributed by atoms with Gasteiger partial charge >= 0.3 is 5.97 Å². The molecule has 0 fully saturated rings. The third kappa shape index (κ3) is 6.28. The molecule has 0 atom stereocenters. The highest BCUT2D eigenvalue weighted by atomic mass is 16.6. The lowest BCUT2D eigenvalue weighted by atomic mass is 10.1. The summed E-state index contributed by atoms with van der Waals surface area (Å²) >= 11 is 0. The molecule has 0 aliphatic carbocycles. The number of carbonyl (C=O) groups is 3. The molecule has 29 heavy (non-hydrogen) atoms. The van der Waals surface area contributed by atoms with Gasteiger partial charge in [0.1, 0.15) is 5.70 Å². The van der Waals surface area contributed by atoms with Crippen molar-refractivity contribution in [2.75, 3.05) is 11.9 Å². The van der Waals surface area contributed by atoms with Gasteiger partial charge in [0.2, 0.25) is 5.91 Å². The van der Waals surface area contributed by atoms with E-state index in [0.717, 1.165) is 0 Å². The van der Waals surface area contributed by atoms with E-state index in [1.807, 2.05) is 0 Å². The number of carbonyl (C=O) groups excluding carboxylic acids is 3. The summed E-state index contributed by atoms with van der Waals surface area (Å²) in [4.78, 5) is 45.9. The number of rotatable bonds is 7. The molecule has 150 valence electrons. The Kier molecular flexibility index (Phi) is 7.19. The minimum absolute atomic E-state index is 0.0409. The van der Waals surface area contributed by atoms with Crippen LogP contribution in [0.15, 0.2) is 54.2 Å². The first-order valence-corrected chi connectivity index (χ1v) is 8.62. The Hall–Kier alpha value is -4.01. The van der Waals surface area contributed by atoms with Gasteiger partial charge in [-0.2, -0.15) is 0 Å². The van der Waals surface area contributed by atoms with Crippen LogP contribution < -0.4 is 10.6 Å². The molecule has 0 aliphatic rings. The third-order valence-corrected chi connectivity index (χ3v) is 3.62. The molecule has 0 spiro atoms. The summed E-state index contributed by atoms with van der Waals surface area (Å²) in [6.07, 6.45) is 1.40. The van der Waals surface area contributed by atoms with E-state index in [-0.39, 0.29) is 18.0 Å². The van der Waals surface area contributed by atoms with Gasteiger partial charge in [-0.05, 0) is 55.0 Å². The Morgan fingerprint density at radius 1 is 1.07 bits per heavy atom. The van der Waals surface area contributed by atoms with Crippen LogP contribution >= 0.6 is 0 Å². The normalized spacial score (nSPS) is 10.8. The average molecular weight is 397 g/mol. The molecular formula is C20H19N3O6. The number of anilines is 1. The highest BCUT2D eigenvalue weighted by molar-refractivity contribution is 6.08. The van der Waals surface area contributed by atoms with Crippen molar-refractivity contribution < 1.29 is 24.0 Å². The molecule has 2 amide bonds. The zero-order valence-corrected chi connectivity index (χ0v) is 15.8. The number of nitrogens with zero attached hydrogens (tertiary/aromatic N) is 1. The van der Waals surface area contributed by atoms with E-state index in [1.165, 1.54) is 61.5 Å². The summed E-state index contributed by atoms with van der Waals surface area (Å²) in [5.74, 6) is -1.52. The van der Waals surface area contributed by atoms with Crippen LogP contribution in [-0.4, -0.2) is 29.3 Å². The molecule has 0 bridgehead atoms. The molecule has 2 aromatic carbocycles. The average Bonchev–Trinajstić information content (AvgIpc) is 2.68. The van der Waals surface area contributed by atoms with Crippen LogP contribution in [0.3, 0.4) is 0 Å². The van der Waals surface area contributed by atoms with Gasteiger partial charge in [0.25, 0.3) is 11.6 Å². The van der Waals surface area contributed by atoms with E-state index in [1.54, 1.807) is 6.92 Å². The van der Waals surface area contributed by atoms with Gasteiger partial charge in [-0.25, -0.2) is 4.79 Å². The highest BCUT2D eigenvalue weighted by Gasteiger charge is 2.13. The maximum absolute atomic E-state index is 12.6. The van der Waals surface area contributed by atoms with Crippen molar-refractivity contribution in [1.82, 2.24) is 5.32 Å². The van der Waals surface area contributed by atoms with Gasteiger partial charge in [-0.1, -0.05) is 0 Å². The molecule has 0 saturated heterocycles. The van der Waals surface area contributed by atoms with Crippen LogP contribution in [0.25, 0.3) is 6.08 Å². The largest absolute Gasteiger partial charge is 0.462 e. The van der Waals surface area contributed by atoms with Crippen molar-refractivity contribution >= 4 is 35.2 Å². The number of ether oxygens (including phenoxy) is 1. The summed E-state index contributed by atoms with van der Waals surface area (Å²) in [5, 5.41) is 15.8. The Morgan fingerprint density at radius 3 is 2.21 bits per heavy atom. The lowest BCUT2D eigenvalue weighted by Crippen LogP contribution is -2.28. The first-order chi connectivity index (χ1) is 13.8. The van der Waals surface area contributed by atoms with Gasteiger partial charge in [-0.15, -0.1) is 0 Å². The zero-order valence-electron chi connectivity index (χ0n) is 15.8. The number of nitro benzene ring substituents is 1. The molecule has 0 heterocycles. The van der Waals surface area contributed by atoms with Crippen molar-refractivity contribution in [2.24, 2.45) is 0 Å². The standard InChI is InChI=1S/C20H19N3O6/c1-3-29-20(26)15-6-8-16(9-7-15)22-19(25)18(21-13(2)24)12-14-4-10-17(11-5-14)23(27)28/h4-12H,3H2,1-2H3,(H,21,24)(H,22,25)/b18-12-. The minimum Gasteiger partial charge on any atom is -0.462 e. The van der Waals surface area contributed by atoms with Crippen molar-refractivity contribution in [3.63, 3.8) is 0 Å². The molecule has 2 N–H and O–H groups in total. The number of esters is 1. The van der Waals surface area contributed by atoms with Crippen LogP contribution in [0.4, 0.5) is 11.4 Å². The fourth-order valence-electron chi connectivity index (χ4n) is 2.31. The Balaban J connectivity index is 2.19. The summed E-state index contributed by atoms with van der Waals surface area (Å²) < 4.78 is 4.90. The van der Waals surface area contributed by atoms with Gasteiger partial charge in [0, 0.05) is 24.7 Å². The van der Waals surface area contributed by atoms with E-state index >= 15 is 0 Å². The van der Waals surface area contributed by atoms with Gasteiger partial charge in [-0.3, -0.25) is 19.7 Å². The van der Waals surface area contributed by atoms with Crippen molar-refractivity contribution in [2.45, 2.75) is 13.8 Å². The first-order valence-electron chi connectivity index (χ1n) is 8.62. The van der Waals surface area contributed by atoms with Crippen LogP contribution in [0, 0.1) is 10.1 Å². The predicted molar refractivity (Wildman–Crippen MR) is 106 cm³/mol. The van der Waals surface area contributed by atoms with Crippen molar-refractivity contribution in [3.8, 4) is 0 Å².